The summed E-state index contributed by atoms with van der Waals surface area (Å²) in [5.41, 5.74) is 4.42. The zero-order valence-electron chi connectivity index (χ0n) is 17.4. The maximum absolute atomic E-state index is 13.1. The smallest absolute Gasteiger partial charge is 0.259 e. The number of fused-ring (bicyclic) bond motifs is 1. The van der Waals surface area contributed by atoms with Gasteiger partial charge >= 0.3 is 0 Å². The highest BCUT2D eigenvalue weighted by Gasteiger charge is 2.32. The Hall–Kier alpha value is -2.92. The number of hydrogen-bond acceptors (Lipinski definition) is 2. The lowest BCUT2D eigenvalue weighted by molar-refractivity contribution is -0.113. The van der Waals surface area contributed by atoms with Crippen molar-refractivity contribution in [2.45, 2.75) is 20.5 Å². The Morgan fingerprint density at radius 2 is 1.81 bits per heavy atom. The first-order valence-corrected chi connectivity index (χ1v) is 11.0. The Bertz CT molecular complexity index is 1140. The van der Waals surface area contributed by atoms with E-state index in [1.807, 2.05) is 53.4 Å². The van der Waals surface area contributed by atoms with Crippen LogP contribution in [0.15, 0.2) is 71.2 Å². The second kappa shape index (κ2) is 9.06. The summed E-state index contributed by atoms with van der Waals surface area (Å²) in [6.07, 6.45) is 1.93. The molecule has 0 atom stereocenters. The quantitative estimate of drug-likeness (QED) is 0.367. The molecule has 0 aliphatic carbocycles. The zero-order valence-corrected chi connectivity index (χ0v) is 19.0. The average molecular weight is 480 g/mol. The van der Waals surface area contributed by atoms with E-state index >= 15 is 0 Å². The molecule has 0 bridgehead atoms. The fraction of sp³-hybridized carbons (Fsp3) is 0.192. The lowest BCUT2D eigenvalue weighted by atomic mass is 10.0. The molecule has 0 unspecified atom stereocenters. The molecule has 1 amide bonds. The number of carbonyl (C=O) groups is 1. The number of anilines is 1. The summed E-state index contributed by atoms with van der Waals surface area (Å²) in [6.45, 7) is 5.25. The SMILES string of the molecule is CC(C)CN1C(=O)/C(=C\c2ccc(OCc3ccc(F)cc3)c(Br)c2)c2ccccc21. The molecule has 3 nitrogen and oxygen atoms in total. The summed E-state index contributed by atoms with van der Waals surface area (Å²) in [7, 11) is 0. The van der Waals surface area contributed by atoms with E-state index in [9.17, 15) is 9.18 Å². The van der Waals surface area contributed by atoms with Crippen molar-refractivity contribution in [1.82, 2.24) is 0 Å². The first kappa shape index (κ1) is 21.3. The van der Waals surface area contributed by atoms with Crippen LogP contribution in [0.1, 0.15) is 30.5 Å². The molecule has 1 aliphatic heterocycles. The summed E-state index contributed by atoms with van der Waals surface area (Å²) in [5.74, 6) is 0.828. The van der Waals surface area contributed by atoms with Crippen molar-refractivity contribution < 1.29 is 13.9 Å². The molecule has 0 radical (unpaired) electrons. The normalized spacial score (nSPS) is 14.4. The minimum Gasteiger partial charge on any atom is -0.488 e. The van der Waals surface area contributed by atoms with Gasteiger partial charge in [-0.2, -0.15) is 0 Å². The van der Waals surface area contributed by atoms with E-state index in [0.29, 0.717) is 30.4 Å². The van der Waals surface area contributed by atoms with Crippen LogP contribution in [0, 0.1) is 11.7 Å². The van der Waals surface area contributed by atoms with E-state index < -0.39 is 0 Å². The summed E-state index contributed by atoms with van der Waals surface area (Å²) < 4.78 is 19.7. The standard InChI is InChI=1S/C26H23BrFNO2/c1-17(2)15-29-24-6-4-3-5-21(24)22(26(29)30)13-19-9-12-25(23(27)14-19)31-16-18-7-10-20(28)11-8-18/h3-14,17H,15-16H2,1-2H3/b22-13-. The number of hydrogen-bond donors (Lipinski definition) is 0. The number of halogens is 2. The Balaban J connectivity index is 1.56. The van der Waals surface area contributed by atoms with Gasteiger partial charge in [-0.1, -0.05) is 50.2 Å². The van der Waals surface area contributed by atoms with E-state index in [2.05, 4.69) is 29.8 Å². The van der Waals surface area contributed by atoms with Crippen LogP contribution in [0.5, 0.6) is 5.75 Å². The van der Waals surface area contributed by atoms with Gasteiger partial charge in [0.05, 0.1) is 10.2 Å². The van der Waals surface area contributed by atoms with E-state index in [1.54, 1.807) is 12.1 Å². The van der Waals surface area contributed by atoms with Crippen molar-refractivity contribution in [2.24, 2.45) is 5.92 Å². The number of para-hydroxylation sites is 1. The van der Waals surface area contributed by atoms with Crippen LogP contribution in [0.25, 0.3) is 11.6 Å². The highest BCUT2D eigenvalue weighted by Crippen LogP contribution is 2.38. The summed E-state index contributed by atoms with van der Waals surface area (Å²) in [5, 5.41) is 0. The van der Waals surface area contributed by atoms with Crippen molar-refractivity contribution >= 4 is 39.2 Å². The number of ether oxygens (including phenoxy) is 1. The van der Waals surface area contributed by atoms with Crippen molar-refractivity contribution in [3.05, 3.63) is 93.7 Å². The molecule has 0 saturated carbocycles. The van der Waals surface area contributed by atoms with E-state index in [4.69, 9.17) is 4.74 Å². The summed E-state index contributed by atoms with van der Waals surface area (Å²) in [6, 6.07) is 19.9. The van der Waals surface area contributed by atoms with Gasteiger partial charge in [-0.3, -0.25) is 4.79 Å². The largest absolute Gasteiger partial charge is 0.488 e. The molecule has 5 heteroatoms. The van der Waals surface area contributed by atoms with Gasteiger partial charge in [0.25, 0.3) is 5.91 Å². The lowest BCUT2D eigenvalue weighted by Crippen LogP contribution is -2.30. The third-order valence-electron chi connectivity index (χ3n) is 5.08. The molecular formula is C26H23BrFNO2. The van der Waals surface area contributed by atoms with Crippen LogP contribution >= 0.6 is 15.9 Å². The van der Waals surface area contributed by atoms with Gasteiger partial charge in [0, 0.05) is 17.7 Å². The average Bonchev–Trinajstić information content (AvgIpc) is 3.00. The van der Waals surface area contributed by atoms with Gasteiger partial charge in [-0.05, 0) is 69.4 Å². The van der Waals surface area contributed by atoms with Crippen molar-refractivity contribution in [3.8, 4) is 5.75 Å². The van der Waals surface area contributed by atoms with Gasteiger partial charge in [0.15, 0.2) is 0 Å². The number of rotatable bonds is 6. The molecule has 0 aromatic heterocycles. The van der Waals surface area contributed by atoms with Crippen LogP contribution < -0.4 is 9.64 Å². The van der Waals surface area contributed by atoms with Crippen LogP contribution in [0.3, 0.4) is 0 Å². The van der Waals surface area contributed by atoms with E-state index in [0.717, 1.165) is 26.9 Å². The summed E-state index contributed by atoms with van der Waals surface area (Å²) in [4.78, 5) is 15.0. The minimum atomic E-state index is -0.266. The molecule has 0 fully saturated rings. The maximum Gasteiger partial charge on any atom is 0.259 e. The second-order valence-electron chi connectivity index (χ2n) is 7.99. The molecule has 0 N–H and O–H groups in total. The zero-order chi connectivity index (χ0) is 22.0. The van der Waals surface area contributed by atoms with Crippen molar-refractivity contribution in [2.75, 3.05) is 11.4 Å². The predicted octanol–water partition coefficient (Wildman–Crippen LogP) is 6.71. The fourth-order valence-electron chi connectivity index (χ4n) is 3.62. The Morgan fingerprint density at radius 3 is 2.52 bits per heavy atom. The highest BCUT2D eigenvalue weighted by molar-refractivity contribution is 9.10. The molecule has 1 aliphatic rings. The monoisotopic (exact) mass is 479 g/mol. The van der Waals surface area contributed by atoms with Crippen LogP contribution in [-0.4, -0.2) is 12.5 Å². The van der Waals surface area contributed by atoms with Gasteiger partial charge in [-0.25, -0.2) is 4.39 Å². The highest BCUT2D eigenvalue weighted by atomic mass is 79.9. The molecule has 1 heterocycles. The van der Waals surface area contributed by atoms with Crippen LogP contribution in [0.4, 0.5) is 10.1 Å². The Morgan fingerprint density at radius 1 is 1.06 bits per heavy atom. The van der Waals surface area contributed by atoms with Crippen LogP contribution in [0.2, 0.25) is 0 Å². The second-order valence-corrected chi connectivity index (χ2v) is 8.84. The van der Waals surface area contributed by atoms with Crippen molar-refractivity contribution in [1.29, 1.82) is 0 Å². The topological polar surface area (TPSA) is 29.5 Å². The first-order valence-electron chi connectivity index (χ1n) is 10.2. The van der Waals surface area contributed by atoms with Gasteiger partial charge < -0.3 is 9.64 Å². The molecule has 4 rings (SSSR count). The van der Waals surface area contributed by atoms with Gasteiger partial charge in [0.1, 0.15) is 18.2 Å². The minimum absolute atomic E-state index is 0.0302. The maximum atomic E-state index is 13.1. The molecular weight excluding hydrogens is 457 g/mol. The molecule has 31 heavy (non-hydrogen) atoms. The van der Waals surface area contributed by atoms with Crippen LogP contribution in [-0.2, 0) is 11.4 Å². The van der Waals surface area contributed by atoms with Crippen molar-refractivity contribution in [3.63, 3.8) is 0 Å². The molecule has 0 saturated heterocycles. The lowest BCUT2D eigenvalue weighted by Gasteiger charge is -2.19. The fourth-order valence-corrected chi connectivity index (χ4v) is 4.14. The Labute approximate surface area is 190 Å². The van der Waals surface area contributed by atoms with E-state index in [1.165, 1.54) is 12.1 Å². The third kappa shape index (κ3) is 4.72. The number of benzene rings is 3. The Kier molecular flexibility index (Phi) is 6.23. The number of amides is 1. The molecule has 3 aromatic carbocycles. The molecule has 158 valence electrons. The third-order valence-corrected chi connectivity index (χ3v) is 5.70. The predicted molar refractivity (Wildman–Crippen MR) is 126 cm³/mol. The van der Waals surface area contributed by atoms with E-state index in [-0.39, 0.29) is 11.7 Å². The first-order chi connectivity index (χ1) is 14.9. The van der Waals surface area contributed by atoms with Gasteiger partial charge in [0.2, 0.25) is 0 Å². The molecule has 0 spiro atoms. The number of carbonyl (C=O) groups excluding carboxylic acids is 1. The van der Waals surface area contributed by atoms with Gasteiger partial charge in [-0.15, -0.1) is 0 Å². The summed E-state index contributed by atoms with van der Waals surface area (Å²) >= 11 is 3.56. The molecule has 3 aromatic rings. The number of nitrogens with zero attached hydrogens (tertiary/aromatic N) is 1.